The third-order valence-electron chi connectivity index (χ3n) is 6.28. The molecule has 0 radical (unpaired) electrons. The van der Waals surface area contributed by atoms with E-state index in [0.29, 0.717) is 0 Å². The number of aryl methyl sites for hydroxylation is 1. The lowest BCUT2D eigenvalue weighted by molar-refractivity contribution is 0.00578. The zero-order chi connectivity index (χ0) is 19.2. The standard InChI is InChI=1S/C20H30BN3O3/c1-19(2)20(3,4)27-21(26-19)15-6-7-16-17(14-15)23(5)18(22-16)8-9-24-10-12-25-13-11-24/h6-7,14H,8-13H2,1-5H3. The lowest BCUT2D eigenvalue weighted by Crippen LogP contribution is -2.41. The van der Waals surface area contributed by atoms with Crippen molar-refractivity contribution in [2.45, 2.75) is 45.3 Å². The van der Waals surface area contributed by atoms with E-state index in [2.05, 4.69) is 62.4 Å². The van der Waals surface area contributed by atoms with E-state index < -0.39 is 0 Å². The molecule has 4 rings (SSSR count). The van der Waals surface area contributed by atoms with Crippen LogP contribution in [0.15, 0.2) is 18.2 Å². The summed E-state index contributed by atoms with van der Waals surface area (Å²) in [5, 5.41) is 0. The van der Waals surface area contributed by atoms with Gasteiger partial charge in [0.2, 0.25) is 0 Å². The Kier molecular flexibility index (Phi) is 4.83. The fourth-order valence-corrected chi connectivity index (χ4v) is 3.69. The number of fused-ring (bicyclic) bond motifs is 1. The largest absolute Gasteiger partial charge is 0.494 e. The molecule has 2 aromatic rings. The first-order valence-corrected chi connectivity index (χ1v) is 9.88. The van der Waals surface area contributed by atoms with Gasteiger partial charge in [-0.1, -0.05) is 6.07 Å². The van der Waals surface area contributed by atoms with E-state index in [1.54, 1.807) is 0 Å². The molecule has 0 atom stereocenters. The molecule has 0 N–H and O–H groups in total. The number of benzene rings is 1. The Balaban J connectivity index is 1.53. The third-order valence-corrected chi connectivity index (χ3v) is 6.28. The van der Waals surface area contributed by atoms with Crippen LogP contribution in [0.3, 0.4) is 0 Å². The van der Waals surface area contributed by atoms with Crippen LogP contribution in [0.1, 0.15) is 33.5 Å². The van der Waals surface area contributed by atoms with Gasteiger partial charge < -0.3 is 18.6 Å². The van der Waals surface area contributed by atoms with Crippen LogP contribution in [0.2, 0.25) is 0 Å². The lowest BCUT2D eigenvalue weighted by Gasteiger charge is -2.32. The molecule has 6 nitrogen and oxygen atoms in total. The molecular formula is C20H30BN3O3. The van der Waals surface area contributed by atoms with Crippen LogP contribution >= 0.6 is 0 Å². The van der Waals surface area contributed by atoms with E-state index >= 15 is 0 Å². The number of ether oxygens (including phenoxy) is 1. The SMILES string of the molecule is Cn1c(CCN2CCOCC2)nc2ccc(B3OC(C)(C)C(C)(C)O3)cc21. The summed E-state index contributed by atoms with van der Waals surface area (Å²) in [6, 6.07) is 6.31. The Morgan fingerprint density at radius 2 is 1.74 bits per heavy atom. The van der Waals surface area contributed by atoms with Crippen LogP contribution < -0.4 is 5.46 Å². The Morgan fingerprint density at radius 3 is 2.41 bits per heavy atom. The molecule has 2 aliphatic rings. The van der Waals surface area contributed by atoms with Crippen molar-refractivity contribution in [2.24, 2.45) is 7.05 Å². The number of hydrogen-bond donors (Lipinski definition) is 0. The molecular weight excluding hydrogens is 341 g/mol. The summed E-state index contributed by atoms with van der Waals surface area (Å²) in [4.78, 5) is 7.29. The van der Waals surface area contributed by atoms with Crippen molar-refractivity contribution in [1.82, 2.24) is 14.5 Å². The van der Waals surface area contributed by atoms with Crippen molar-refractivity contribution in [3.8, 4) is 0 Å². The number of imidazole rings is 1. The maximum absolute atomic E-state index is 6.20. The molecule has 0 aliphatic carbocycles. The van der Waals surface area contributed by atoms with E-state index in [4.69, 9.17) is 19.0 Å². The molecule has 27 heavy (non-hydrogen) atoms. The fourth-order valence-electron chi connectivity index (χ4n) is 3.69. The molecule has 2 fully saturated rings. The highest BCUT2D eigenvalue weighted by molar-refractivity contribution is 6.62. The Morgan fingerprint density at radius 1 is 1.07 bits per heavy atom. The molecule has 7 heteroatoms. The van der Waals surface area contributed by atoms with E-state index in [9.17, 15) is 0 Å². The molecule has 146 valence electrons. The highest BCUT2D eigenvalue weighted by Crippen LogP contribution is 2.36. The van der Waals surface area contributed by atoms with Gasteiger partial charge in [-0.3, -0.25) is 4.90 Å². The number of nitrogens with zero attached hydrogens (tertiary/aromatic N) is 3. The normalized spacial score (nSPS) is 22.6. The highest BCUT2D eigenvalue weighted by atomic mass is 16.7. The van der Waals surface area contributed by atoms with Crippen molar-refractivity contribution in [1.29, 1.82) is 0 Å². The van der Waals surface area contributed by atoms with Crippen LogP contribution in [0.4, 0.5) is 0 Å². The molecule has 1 aromatic heterocycles. The number of rotatable bonds is 4. The zero-order valence-corrected chi connectivity index (χ0v) is 17.1. The van der Waals surface area contributed by atoms with Gasteiger partial charge in [-0.15, -0.1) is 0 Å². The summed E-state index contributed by atoms with van der Waals surface area (Å²) < 4.78 is 20.0. The Hall–Kier alpha value is -1.41. The molecule has 0 spiro atoms. The van der Waals surface area contributed by atoms with Gasteiger partial charge >= 0.3 is 7.12 Å². The summed E-state index contributed by atoms with van der Waals surface area (Å²) in [7, 11) is 1.75. The summed E-state index contributed by atoms with van der Waals surface area (Å²) in [5.74, 6) is 1.11. The van der Waals surface area contributed by atoms with Gasteiger partial charge in [0, 0.05) is 33.1 Å². The van der Waals surface area contributed by atoms with Crippen LogP contribution in [0, 0.1) is 0 Å². The minimum Gasteiger partial charge on any atom is -0.399 e. The van der Waals surface area contributed by atoms with Gasteiger partial charge in [0.05, 0.1) is 35.4 Å². The summed E-state index contributed by atoms with van der Waals surface area (Å²) in [5.41, 5.74) is 2.53. The second-order valence-electron chi connectivity index (χ2n) is 8.63. The zero-order valence-electron chi connectivity index (χ0n) is 17.1. The summed E-state index contributed by atoms with van der Waals surface area (Å²) in [6.07, 6.45) is 0.941. The Bertz CT molecular complexity index is 811. The van der Waals surface area contributed by atoms with Gasteiger partial charge in [0.25, 0.3) is 0 Å². The van der Waals surface area contributed by atoms with E-state index in [1.165, 1.54) is 0 Å². The van der Waals surface area contributed by atoms with Crippen LogP contribution in [0.5, 0.6) is 0 Å². The number of aromatic nitrogens is 2. The average Bonchev–Trinajstić information content (AvgIpc) is 3.06. The predicted molar refractivity (Wildman–Crippen MR) is 107 cm³/mol. The van der Waals surface area contributed by atoms with E-state index in [-0.39, 0.29) is 18.3 Å². The van der Waals surface area contributed by atoms with Gasteiger partial charge in [-0.25, -0.2) is 4.98 Å². The maximum Gasteiger partial charge on any atom is 0.494 e. The van der Waals surface area contributed by atoms with E-state index in [0.717, 1.165) is 61.6 Å². The maximum atomic E-state index is 6.20. The number of morpholine rings is 1. The quantitative estimate of drug-likeness (QED) is 0.767. The topological polar surface area (TPSA) is 48.8 Å². The first-order valence-electron chi connectivity index (χ1n) is 9.88. The molecule has 0 saturated carbocycles. The smallest absolute Gasteiger partial charge is 0.399 e. The monoisotopic (exact) mass is 371 g/mol. The molecule has 1 aromatic carbocycles. The van der Waals surface area contributed by atoms with Crippen molar-refractivity contribution < 1.29 is 14.0 Å². The van der Waals surface area contributed by atoms with Gasteiger partial charge in [0.15, 0.2) is 0 Å². The van der Waals surface area contributed by atoms with Gasteiger partial charge in [-0.2, -0.15) is 0 Å². The van der Waals surface area contributed by atoms with Gasteiger partial charge in [0.1, 0.15) is 5.82 Å². The van der Waals surface area contributed by atoms with Crippen molar-refractivity contribution >= 4 is 23.6 Å². The minimum atomic E-state index is -0.342. The summed E-state index contributed by atoms with van der Waals surface area (Å²) in [6.45, 7) is 13.0. The van der Waals surface area contributed by atoms with Gasteiger partial charge in [-0.05, 0) is 45.3 Å². The predicted octanol–water partition coefficient (Wildman–Crippen LogP) is 1.75. The second-order valence-corrected chi connectivity index (χ2v) is 8.63. The van der Waals surface area contributed by atoms with Crippen molar-refractivity contribution in [2.75, 3.05) is 32.8 Å². The molecule has 3 heterocycles. The lowest BCUT2D eigenvalue weighted by atomic mass is 9.79. The first kappa shape index (κ1) is 18.9. The second kappa shape index (κ2) is 6.89. The molecule has 0 amide bonds. The summed E-state index contributed by atoms with van der Waals surface area (Å²) >= 11 is 0. The minimum absolute atomic E-state index is 0.331. The van der Waals surface area contributed by atoms with Crippen LogP contribution in [-0.4, -0.2) is 65.6 Å². The van der Waals surface area contributed by atoms with Crippen LogP contribution in [-0.2, 0) is 27.5 Å². The van der Waals surface area contributed by atoms with Crippen LogP contribution in [0.25, 0.3) is 11.0 Å². The Labute approximate surface area is 161 Å². The van der Waals surface area contributed by atoms with E-state index in [1.807, 2.05) is 0 Å². The molecule has 2 aliphatic heterocycles. The van der Waals surface area contributed by atoms with Crippen molar-refractivity contribution in [3.05, 3.63) is 24.0 Å². The third kappa shape index (κ3) is 3.54. The average molecular weight is 371 g/mol. The first-order chi connectivity index (χ1) is 12.8. The van der Waals surface area contributed by atoms with Crippen molar-refractivity contribution in [3.63, 3.8) is 0 Å². The molecule has 0 unspecified atom stereocenters. The fraction of sp³-hybridized carbons (Fsp3) is 0.650. The highest BCUT2D eigenvalue weighted by Gasteiger charge is 2.51. The molecule has 2 saturated heterocycles. The molecule has 0 bridgehead atoms. The number of hydrogen-bond acceptors (Lipinski definition) is 5.